The fourth-order valence-electron chi connectivity index (χ4n) is 4.00. The van der Waals surface area contributed by atoms with Crippen molar-refractivity contribution in [3.05, 3.63) is 87.8 Å². The number of halogens is 1. The molecule has 1 N–H and O–H groups in total. The molecule has 1 atom stereocenters. The first-order chi connectivity index (χ1) is 17.0. The van der Waals surface area contributed by atoms with E-state index >= 15 is 0 Å². The zero-order chi connectivity index (χ0) is 24.4. The molecule has 3 aromatic carbocycles. The Morgan fingerprint density at radius 2 is 1.83 bits per heavy atom. The van der Waals surface area contributed by atoms with Crippen molar-refractivity contribution in [3.8, 4) is 11.5 Å². The predicted molar refractivity (Wildman–Crippen MR) is 138 cm³/mol. The van der Waals surface area contributed by atoms with E-state index in [2.05, 4.69) is 5.32 Å². The molecule has 0 aliphatic carbocycles. The number of hydrogen-bond acceptors (Lipinski definition) is 5. The minimum atomic E-state index is -0.277. The third-order valence-electron chi connectivity index (χ3n) is 5.77. The number of hydrogen-bond donors (Lipinski definition) is 1. The van der Waals surface area contributed by atoms with E-state index in [1.807, 2.05) is 67.6 Å². The summed E-state index contributed by atoms with van der Waals surface area (Å²) < 4.78 is 11.2. The van der Waals surface area contributed by atoms with Gasteiger partial charge < -0.3 is 14.8 Å². The topological polar surface area (TPSA) is 67.9 Å². The van der Waals surface area contributed by atoms with E-state index in [1.165, 1.54) is 16.7 Å². The van der Waals surface area contributed by atoms with Crippen molar-refractivity contribution in [1.82, 2.24) is 5.32 Å². The van der Waals surface area contributed by atoms with E-state index in [-0.39, 0.29) is 24.4 Å². The van der Waals surface area contributed by atoms with Gasteiger partial charge in [0.05, 0.1) is 16.6 Å². The van der Waals surface area contributed by atoms with Gasteiger partial charge in [0, 0.05) is 9.92 Å². The van der Waals surface area contributed by atoms with E-state index in [1.54, 1.807) is 12.1 Å². The highest BCUT2D eigenvalue weighted by atomic mass is 35.5. The normalized spacial score (nSPS) is 16.6. The van der Waals surface area contributed by atoms with Gasteiger partial charge in [-0.25, -0.2) is 0 Å². The van der Waals surface area contributed by atoms with Gasteiger partial charge in [0.2, 0.25) is 5.91 Å². The summed E-state index contributed by atoms with van der Waals surface area (Å²) in [6.07, 6.45) is 1.77. The number of anilines is 1. The average Bonchev–Trinajstić information content (AvgIpc) is 2.87. The van der Waals surface area contributed by atoms with E-state index in [9.17, 15) is 9.59 Å². The Morgan fingerprint density at radius 3 is 2.66 bits per heavy atom. The quantitative estimate of drug-likeness (QED) is 0.465. The molecule has 35 heavy (non-hydrogen) atoms. The van der Waals surface area contributed by atoms with Crippen molar-refractivity contribution in [3.63, 3.8) is 0 Å². The van der Waals surface area contributed by atoms with Crippen LogP contribution in [0.3, 0.4) is 0 Å². The third kappa shape index (κ3) is 5.01. The van der Waals surface area contributed by atoms with Crippen LogP contribution >= 0.6 is 23.4 Å². The van der Waals surface area contributed by atoms with Crippen LogP contribution in [0.2, 0.25) is 5.02 Å². The first-order valence-corrected chi connectivity index (χ1v) is 12.4. The van der Waals surface area contributed by atoms with E-state index in [0.29, 0.717) is 40.3 Å². The van der Waals surface area contributed by atoms with Crippen molar-refractivity contribution in [2.45, 2.75) is 17.9 Å². The molecule has 178 valence electrons. The molecular formula is C27H23ClN2O4S. The highest BCUT2D eigenvalue weighted by Crippen LogP contribution is 2.42. The molecule has 2 aliphatic heterocycles. The Morgan fingerprint density at radius 1 is 1.09 bits per heavy atom. The lowest BCUT2D eigenvalue weighted by Gasteiger charge is -2.30. The number of nitrogens with one attached hydrogen (secondary N) is 1. The van der Waals surface area contributed by atoms with Crippen LogP contribution in [-0.4, -0.2) is 31.6 Å². The van der Waals surface area contributed by atoms with Crippen molar-refractivity contribution in [1.29, 1.82) is 0 Å². The number of fused-ring (bicyclic) bond motifs is 2. The molecule has 0 spiro atoms. The second-order valence-electron chi connectivity index (χ2n) is 8.18. The third-order valence-corrected chi connectivity index (χ3v) is 7.19. The summed E-state index contributed by atoms with van der Waals surface area (Å²) in [6, 6.07) is 20.3. The Bertz CT molecular complexity index is 1330. The van der Waals surface area contributed by atoms with Crippen LogP contribution < -0.4 is 19.7 Å². The molecule has 5 rings (SSSR count). The summed E-state index contributed by atoms with van der Waals surface area (Å²) in [7, 11) is 0. The monoisotopic (exact) mass is 506 g/mol. The fourth-order valence-corrected chi connectivity index (χ4v) is 5.24. The predicted octanol–water partition coefficient (Wildman–Crippen LogP) is 5.47. The van der Waals surface area contributed by atoms with Crippen LogP contribution in [0.1, 0.15) is 24.1 Å². The lowest BCUT2D eigenvalue weighted by Crippen LogP contribution is -2.43. The number of carbonyl (C=O) groups excluding carboxylic acids is 2. The number of amides is 2. The van der Waals surface area contributed by atoms with Crippen molar-refractivity contribution in [2.75, 3.05) is 24.7 Å². The maximum atomic E-state index is 13.4. The highest BCUT2D eigenvalue weighted by Gasteiger charge is 2.31. The van der Waals surface area contributed by atoms with E-state index < -0.39 is 0 Å². The molecule has 0 radical (unpaired) electrons. The van der Waals surface area contributed by atoms with Gasteiger partial charge in [0.1, 0.15) is 19.8 Å². The molecule has 0 fully saturated rings. The van der Waals surface area contributed by atoms with Gasteiger partial charge in [-0.3, -0.25) is 14.5 Å². The average molecular weight is 507 g/mol. The van der Waals surface area contributed by atoms with Crippen molar-refractivity contribution in [2.24, 2.45) is 0 Å². The molecular weight excluding hydrogens is 484 g/mol. The number of ether oxygens (including phenoxy) is 2. The summed E-state index contributed by atoms with van der Waals surface area (Å²) in [5.41, 5.74) is 2.35. The molecule has 0 bridgehead atoms. The first-order valence-electron chi connectivity index (χ1n) is 11.2. The molecule has 3 aromatic rings. The number of rotatable bonds is 5. The molecule has 6 nitrogen and oxygen atoms in total. The Hall–Kier alpha value is -3.42. The smallest absolute Gasteiger partial charge is 0.265 e. The minimum absolute atomic E-state index is 0.106. The number of para-hydroxylation sites is 1. The number of nitrogens with zero attached hydrogens (tertiary/aromatic N) is 1. The Labute approximate surface area is 212 Å². The van der Waals surface area contributed by atoms with Gasteiger partial charge in [-0.05, 0) is 54.5 Å². The van der Waals surface area contributed by atoms with Gasteiger partial charge in [-0.15, -0.1) is 0 Å². The molecule has 2 heterocycles. The molecule has 0 saturated heterocycles. The summed E-state index contributed by atoms with van der Waals surface area (Å²) in [6.45, 7) is 2.81. The molecule has 2 aliphatic rings. The van der Waals surface area contributed by atoms with E-state index in [4.69, 9.17) is 21.1 Å². The van der Waals surface area contributed by atoms with Crippen LogP contribution in [0, 0.1) is 0 Å². The largest absolute Gasteiger partial charge is 0.486 e. The van der Waals surface area contributed by atoms with Crippen molar-refractivity contribution < 1.29 is 19.1 Å². The van der Waals surface area contributed by atoms with Gasteiger partial charge in [0.25, 0.3) is 5.91 Å². The number of benzene rings is 3. The van der Waals surface area contributed by atoms with Crippen molar-refractivity contribution >= 4 is 46.9 Å². The zero-order valence-corrected chi connectivity index (χ0v) is 20.6. The molecule has 0 saturated carbocycles. The van der Waals surface area contributed by atoms with Crippen LogP contribution in [0.25, 0.3) is 6.08 Å². The Balaban J connectivity index is 1.36. The van der Waals surface area contributed by atoms with Crippen LogP contribution in [-0.2, 0) is 9.59 Å². The lowest BCUT2D eigenvalue weighted by molar-refractivity contribution is -0.122. The highest BCUT2D eigenvalue weighted by molar-refractivity contribution is 8.04. The SMILES string of the molecule is CC(NC(=O)CN1C(=O)/C(=C\c2ccccc2Cl)Sc2ccccc21)c1ccc2c(c1)OCCO2. The molecule has 2 amide bonds. The second kappa shape index (κ2) is 10.1. The summed E-state index contributed by atoms with van der Waals surface area (Å²) in [5.74, 6) is 0.862. The van der Waals surface area contributed by atoms with Crippen LogP contribution in [0.4, 0.5) is 5.69 Å². The minimum Gasteiger partial charge on any atom is -0.486 e. The van der Waals surface area contributed by atoms with Gasteiger partial charge in [0.15, 0.2) is 11.5 Å². The van der Waals surface area contributed by atoms with Crippen LogP contribution in [0.5, 0.6) is 11.5 Å². The fraction of sp³-hybridized carbons (Fsp3) is 0.185. The second-order valence-corrected chi connectivity index (χ2v) is 9.67. The van der Waals surface area contributed by atoms with Gasteiger partial charge in [-0.1, -0.05) is 59.8 Å². The number of thioether (sulfide) groups is 1. The van der Waals surface area contributed by atoms with Gasteiger partial charge >= 0.3 is 0 Å². The molecule has 8 heteroatoms. The maximum Gasteiger partial charge on any atom is 0.265 e. The standard InChI is InChI=1S/C27H23ClN2O4S/c1-17(18-10-11-22-23(14-18)34-13-12-33-22)29-26(31)16-30-21-8-4-5-9-24(21)35-25(27(30)32)15-19-6-2-3-7-20(19)28/h2-11,14-15,17H,12-13,16H2,1H3,(H,29,31)/b25-15+. The van der Waals surface area contributed by atoms with Gasteiger partial charge in [-0.2, -0.15) is 0 Å². The molecule has 1 unspecified atom stereocenters. The summed E-state index contributed by atoms with van der Waals surface area (Å²) in [4.78, 5) is 29.4. The zero-order valence-electron chi connectivity index (χ0n) is 19.0. The maximum absolute atomic E-state index is 13.4. The first kappa shape index (κ1) is 23.3. The summed E-state index contributed by atoms with van der Waals surface area (Å²) in [5, 5.41) is 3.56. The van der Waals surface area contributed by atoms with Crippen LogP contribution in [0.15, 0.2) is 76.5 Å². The molecule has 0 aromatic heterocycles. The number of carbonyl (C=O) groups is 2. The summed E-state index contributed by atoms with van der Waals surface area (Å²) >= 11 is 7.69. The van der Waals surface area contributed by atoms with E-state index in [0.717, 1.165) is 16.0 Å². The lowest BCUT2D eigenvalue weighted by atomic mass is 10.1. The Kier molecular flexibility index (Phi) is 6.70.